The number of unbranched alkanes of at least 4 members (excludes halogenated alkanes) is 2. The van der Waals surface area contributed by atoms with E-state index in [0.717, 1.165) is 17.5 Å². The summed E-state index contributed by atoms with van der Waals surface area (Å²) in [7, 11) is 0. The summed E-state index contributed by atoms with van der Waals surface area (Å²) in [4.78, 5) is 0. The van der Waals surface area contributed by atoms with Crippen LogP contribution < -0.4 is 0 Å². The number of hydrogen-bond donors (Lipinski definition) is 0. The minimum Gasteiger partial charge on any atom is -0.207 e. The fourth-order valence-electron chi connectivity index (χ4n) is 3.13. The highest BCUT2D eigenvalue weighted by atomic mass is 19.1. The summed E-state index contributed by atoms with van der Waals surface area (Å²) >= 11 is 0. The standard InChI is InChI=1S/C24H24F2/c1-3-4-5-6-18-8-11-19(12-9-18)20-13-14-22(24(26)15-20)21-10-7-17(2)23(25)16-21/h7-16H,3-6H2,1-2H3. The van der Waals surface area contributed by atoms with E-state index in [2.05, 4.69) is 19.1 Å². The molecule has 0 spiro atoms. The van der Waals surface area contributed by atoms with Crippen LogP contribution in [0.4, 0.5) is 8.78 Å². The minimum absolute atomic E-state index is 0.315. The molecule has 0 aliphatic carbocycles. The fraction of sp³-hybridized carbons (Fsp3) is 0.250. The van der Waals surface area contributed by atoms with Gasteiger partial charge in [-0.1, -0.05) is 68.3 Å². The molecule has 3 aromatic rings. The van der Waals surface area contributed by atoms with Gasteiger partial charge in [-0.15, -0.1) is 0 Å². The number of rotatable bonds is 6. The van der Waals surface area contributed by atoms with Crippen LogP contribution in [0.3, 0.4) is 0 Å². The topological polar surface area (TPSA) is 0 Å². The molecule has 0 aromatic heterocycles. The van der Waals surface area contributed by atoms with Crippen molar-refractivity contribution in [2.75, 3.05) is 0 Å². The monoisotopic (exact) mass is 350 g/mol. The number of aryl methyl sites for hydroxylation is 2. The molecule has 0 unspecified atom stereocenters. The van der Waals surface area contributed by atoms with Gasteiger partial charge in [0.2, 0.25) is 0 Å². The molecule has 0 nitrogen and oxygen atoms in total. The van der Waals surface area contributed by atoms with Gasteiger partial charge in [0.1, 0.15) is 11.6 Å². The van der Waals surface area contributed by atoms with Gasteiger partial charge in [-0.3, -0.25) is 0 Å². The third kappa shape index (κ3) is 4.19. The Labute approximate surface area is 154 Å². The quantitative estimate of drug-likeness (QED) is 0.408. The largest absolute Gasteiger partial charge is 0.207 e. The van der Waals surface area contributed by atoms with Crippen LogP contribution in [0.1, 0.15) is 37.3 Å². The third-order valence-corrected chi connectivity index (χ3v) is 4.81. The first-order valence-electron chi connectivity index (χ1n) is 9.24. The van der Waals surface area contributed by atoms with Gasteiger partial charge in [0, 0.05) is 5.56 Å². The Kier molecular flexibility index (Phi) is 5.82. The lowest BCUT2D eigenvalue weighted by atomic mass is 9.97. The first-order valence-corrected chi connectivity index (χ1v) is 9.24. The van der Waals surface area contributed by atoms with Crippen LogP contribution in [0, 0.1) is 18.6 Å². The highest BCUT2D eigenvalue weighted by Gasteiger charge is 2.09. The van der Waals surface area contributed by atoms with Gasteiger partial charge in [-0.05, 0) is 59.7 Å². The molecule has 0 fully saturated rings. The predicted octanol–water partition coefficient (Wildman–Crippen LogP) is 7.34. The van der Waals surface area contributed by atoms with Crippen LogP contribution in [-0.2, 0) is 6.42 Å². The van der Waals surface area contributed by atoms with Gasteiger partial charge in [0.05, 0.1) is 0 Å². The highest BCUT2D eigenvalue weighted by molar-refractivity contribution is 5.71. The first kappa shape index (κ1) is 18.3. The van der Waals surface area contributed by atoms with Crippen molar-refractivity contribution in [3.05, 3.63) is 83.4 Å². The van der Waals surface area contributed by atoms with E-state index in [1.54, 1.807) is 25.1 Å². The zero-order valence-electron chi connectivity index (χ0n) is 15.4. The maximum Gasteiger partial charge on any atom is 0.131 e. The van der Waals surface area contributed by atoms with Crippen molar-refractivity contribution >= 4 is 0 Å². The summed E-state index contributed by atoms with van der Waals surface area (Å²) in [6.45, 7) is 3.90. The third-order valence-electron chi connectivity index (χ3n) is 4.81. The lowest BCUT2D eigenvalue weighted by Crippen LogP contribution is -1.90. The Bertz CT molecular complexity index is 879. The SMILES string of the molecule is CCCCCc1ccc(-c2ccc(-c3ccc(C)c(F)c3)c(F)c2)cc1. The molecule has 0 aliphatic heterocycles. The summed E-state index contributed by atoms with van der Waals surface area (Å²) in [6.07, 6.45) is 4.75. The molecule has 0 N–H and O–H groups in total. The van der Waals surface area contributed by atoms with Crippen molar-refractivity contribution in [3.63, 3.8) is 0 Å². The Balaban J connectivity index is 1.81. The van der Waals surface area contributed by atoms with Crippen molar-refractivity contribution in [2.24, 2.45) is 0 Å². The van der Waals surface area contributed by atoms with E-state index in [1.807, 2.05) is 18.2 Å². The normalized spacial score (nSPS) is 10.9. The lowest BCUT2D eigenvalue weighted by Gasteiger charge is -2.09. The molecule has 3 aromatic carbocycles. The van der Waals surface area contributed by atoms with Gasteiger partial charge in [-0.2, -0.15) is 0 Å². The molecule has 0 saturated carbocycles. The Morgan fingerprint density at radius 3 is 2.00 bits per heavy atom. The van der Waals surface area contributed by atoms with E-state index in [9.17, 15) is 8.78 Å². The summed E-state index contributed by atoms with van der Waals surface area (Å²) in [6, 6.07) is 18.3. The second-order valence-corrected chi connectivity index (χ2v) is 6.81. The zero-order valence-corrected chi connectivity index (χ0v) is 15.4. The summed E-state index contributed by atoms with van der Waals surface area (Å²) in [5.41, 5.74) is 4.68. The summed E-state index contributed by atoms with van der Waals surface area (Å²) in [5, 5.41) is 0. The number of hydrogen-bond acceptors (Lipinski definition) is 0. The van der Waals surface area contributed by atoms with Crippen molar-refractivity contribution in [2.45, 2.75) is 39.5 Å². The van der Waals surface area contributed by atoms with Gasteiger partial charge in [0.15, 0.2) is 0 Å². The number of benzene rings is 3. The molecule has 2 heteroatoms. The molecule has 134 valence electrons. The van der Waals surface area contributed by atoms with E-state index in [-0.39, 0.29) is 11.6 Å². The minimum atomic E-state index is -0.335. The van der Waals surface area contributed by atoms with Crippen LogP contribution in [0.25, 0.3) is 22.3 Å². The predicted molar refractivity (Wildman–Crippen MR) is 105 cm³/mol. The summed E-state index contributed by atoms with van der Waals surface area (Å²) < 4.78 is 28.4. The Morgan fingerprint density at radius 2 is 1.35 bits per heavy atom. The lowest BCUT2D eigenvalue weighted by molar-refractivity contribution is 0.617. The van der Waals surface area contributed by atoms with Gasteiger partial charge < -0.3 is 0 Å². The van der Waals surface area contributed by atoms with Crippen molar-refractivity contribution in [3.8, 4) is 22.3 Å². The molecule has 0 amide bonds. The molecule has 3 rings (SSSR count). The van der Waals surface area contributed by atoms with Crippen LogP contribution >= 0.6 is 0 Å². The number of halogens is 2. The maximum absolute atomic E-state index is 14.6. The van der Waals surface area contributed by atoms with E-state index < -0.39 is 0 Å². The molecule has 0 heterocycles. The second-order valence-electron chi connectivity index (χ2n) is 6.81. The van der Waals surface area contributed by atoms with E-state index in [1.165, 1.54) is 37.0 Å². The molecule has 0 saturated heterocycles. The average molecular weight is 350 g/mol. The second kappa shape index (κ2) is 8.27. The molecule has 0 radical (unpaired) electrons. The maximum atomic E-state index is 14.6. The Hall–Kier alpha value is -2.48. The fourth-order valence-corrected chi connectivity index (χ4v) is 3.13. The molecule has 0 atom stereocenters. The zero-order chi connectivity index (χ0) is 18.5. The van der Waals surface area contributed by atoms with Gasteiger partial charge in [-0.25, -0.2) is 8.78 Å². The summed E-state index contributed by atoms with van der Waals surface area (Å²) in [5.74, 6) is -0.651. The smallest absolute Gasteiger partial charge is 0.131 e. The molecule has 26 heavy (non-hydrogen) atoms. The van der Waals surface area contributed by atoms with Crippen molar-refractivity contribution in [1.29, 1.82) is 0 Å². The Morgan fingerprint density at radius 1 is 0.692 bits per heavy atom. The van der Waals surface area contributed by atoms with E-state index in [4.69, 9.17) is 0 Å². The van der Waals surface area contributed by atoms with Crippen molar-refractivity contribution < 1.29 is 8.78 Å². The van der Waals surface area contributed by atoms with Gasteiger partial charge in [0.25, 0.3) is 0 Å². The van der Waals surface area contributed by atoms with Crippen LogP contribution in [0.5, 0.6) is 0 Å². The van der Waals surface area contributed by atoms with E-state index >= 15 is 0 Å². The first-order chi connectivity index (χ1) is 12.6. The van der Waals surface area contributed by atoms with Crippen LogP contribution in [0.2, 0.25) is 0 Å². The average Bonchev–Trinajstić information content (AvgIpc) is 2.65. The van der Waals surface area contributed by atoms with Gasteiger partial charge >= 0.3 is 0 Å². The highest BCUT2D eigenvalue weighted by Crippen LogP contribution is 2.29. The van der Waals surface area contributed by atoms with Crippen molar-refractivity contribution in [1.82, 2.24) is 0 Å². The van der Waals surface area contributed by atoms with Crippen LogP contribution in [-0.4, -0.2) is 0 Å². The van der Waals surface area contributed by atoms with E-state index in [0.29, 0.717) is 16.7 Å². The molecular weight excluding hydrogens is 326 g/mol. The molecular formula is C24H24F2. The molecule has 0 bridgehead atoms. The van der Waals surface area contributed by atoms with Crippen LogP contribution in [0.15, 0.2) is 60.7 Å². The molecule has 0 aliphatic rings.